The van der Waals surface area contributed by atoms with E-state index >= 15 is 0 Å². The van der Waals surface area contributed by atoms with Crippen molar-refractivity contribution in [2.24, 2.45) is 5.92 Å². The summed E-state index contributed by atoms with van der Waals surface area (Å²) < 4.78 is 5.07. The van der Waals surface area contributed by atoms with Crippen molar-refractivity contribution in [3.05, 3.63) is 0 Å². The lowest BCUT2D eigenvalue weighted by atomic mass is 9.92. The predicted molar refractivity (Wildman–Crippen MR) is 46.1 cm³/mol. The normalized spacial score (nSPS) is 20.0. The van der Waals surface area contributed by atoms with Gasteiger partial charge >= 0.3 is 12.1 Å². The van der Waals surface area contributed by atoms with Crippen LogP contribution in [0.5, 0.6) is 0 Å². The summed E-state index contributed by atoms with van der Waals surface area (Å²) in [7, 11) is 0. The summed E-state index contributed by atoms with van der Waals surface area (Å²) in [5, 5.41) is 19.3. The molecule has 0 aromatic heterocycles. The number of nitrogens with one attached hydrogen (secondary N) is 1. The van der Waals surface area contributed by atoms with Gasteiger partial charge in [-0.3, -0.25) is 0 Å². The minimum absolute atomic E-state index is 0.169. The molecule has 1 aliphatic rings. The Labute approximate surface area is 80.9 Å². The molecule has 1 heterocycles. The standard InChI is InChI=1S/C8H13NO5/c10-7(11)6(9-8(12)13)5-1-3-14-4-2-5/h5-6,9H,1-4H2,(H,10,11)(H,12,13)/t6-/m0/s1. The van der Waals surface area contributed by atoms with Crippen molar-refractivity contribution in [2.75, 3.05) is 13.2 Å². The summed E-state index contributed by atoms with van der Waals surface area (Å²) in [6.45, 7) is 0.992. The summed E-state index contributed by atoms with van der Waals surface area (Å²) in [5.74, 6) is -1.29. The maximum absolute atomic E-state index is 10.8. The Morgan fingerprint density at radius 3 is 2.29 bits per heavy atom. The molecular formula is C8H13NO5. The zero-order chi connectivity index (χ0) is 10.6. The number of carboxylic acids is 1. The summed E-state index contributed by atoms with van der Waals surface area (Å²) >= 11 is 0. The molecule has 3 N–H and O–H groups in total. The Morgan fingerprint density at radius 2 is 1.86 bits per heavy atom. The molecule has 0 spiro atoms. The number of aliphatic carboxylic acids is 1. The zero-order valence-corrected chi connectivity index (χ0v) is 7.60. The lowest BCUT2D eigenvalue weighted by Gasteiger charge is -2.27. The number of ether oxygens (including phenoxy) is 1. The number of hydrogen-bond donors (Lipinski definition) is 3. The van der Waals surface area contributed by atoms with Crippen molar-refractivity contribution in [1.29, 1.82) is 0 Å². The summed E-state index contributed by atoms with van der Waals surface area (Å²) in [4.78, 5) is 21.1. The van der Waals surface area contributed by atoms with Crippen LogP contribution in [-0.4, -0.2) is 41.5 Å². The first kappa shape index (κ1) is 10.8. The smallest absolute Gasteiger partial charge is 0.405 e. The summed E-state index contributed by atoms with van der Waals surface area (Å²) in [6.07, 6.45) is -0.141. The van der Waals surface area contributed by atoms with Crippen LogP contribution in [0.4, 0.5) is 4.79 Å². The SMILES string of the molecule is O=C(O)N[C@H](C(=O)O)C1CCOCC1. The molecule has 0 aliphatic carbocycles. The Morgan fingerprint density at radius 1 is 1.29 bits per heavy atom. The predicted octanol–water partition coefficient (Wildman–Crippen LogP) is 0.134. The molecule has 0 saturated carbocycles. The van der Waals surface area contributed by atoms with Crippen LogP contribution >= 0.6 is 0 Å². The van der Waals surface area contributed by atoms with E-state index in [1.54, 1.807) is 0 Å². The lowest BCUT2D eigenvalue weighted by Crippen LogP contribution is -2.47. The molecule has 1 amide bonds. The van der Waals surface area contributed by atoms with Crippen LogP contribution in [-0.2, 0) is 9.53 Å². The van der Waals surface area contributed by atoms with Crippen molar-refractivity contribution in [1.82, 2.24) is 5.32 Å². The Kier molecular flexibility index (Phi) is 3.70. The maximum atomic E-state index is 10.8. The average molecular weight is 203 g/mol. The number of hydrogen-bond acceptors (Lipinski definition) is 3. The van der Waals surface area contributed by atoms with Gasteiger partial charge in [0.25, 0.3) is 0 Å². The topological polar surface area (TPSA) is 95.9 Å². The molecule has 1 aliphatic heterocycles. The van der Waals surface area contributed by atoms with Gasteiger partial charge in [-0.2, -0.15) is 0 Å². The summed E-state index contributed by atoms with van der Waals surface area (Å²) in [6, 6.07) is -1.02. The molecule has 80 valence electrons. The van der Waals surface area contributed by atoms with Gasteiger partial charge in [-0.15, -0.1) is 0 Å². The molecular weight excluding hydrogens is 190 g/mol. The second-order valence-electron chi connectivity index (χ2n) is 3.22. The molecule has 0 bridgehead atoms. The highest BCUT2D eigenvalue weighted by molar-refractivity contribution is 5.79. The summed E-state index contributed by atoms with van der Waals surface area (Å²) in [5.41, 5.74) is 0. The molecule has 0 aromatic carbocycles. The molecule has 0 unspecified atom stereocenters. The third-order valence-corrected chi connectivity index (χ3v) is 2.28. The van der Waals surface area contributed by atoms with E-state index in [0.29, 0.717) is 26.1 Å². The van der Waals surface area contributed by atoms with Gasteiger partial charge in [0.1, 0.15) is 6.04 Å². The lowest BCUT2D eigenvalue weighted by molar-refractivity contribution is -0.141. The van der Waals surface area contributed by atoms with Gasteiger partial charge in [0.05, 0.1) is 0 Å². The Balaban J connectivity index is 2.56. The average Bonchev–Trinajstić information content (AvgIpc) is 2.15. The minimum Gasteiger partial charge on any atom is -0.480 e. The van der Waals surface area contributed by atoms with Crippen LogP contribution in [0.2, 0.25) is 0 Å². The molecule has 1 atom stereocenters. The van der Waals surface area contributed by atoms with E-state index in [1.165, 1.54) is 0 Å². The van der Waals surface area contributed by atoms with Gasteiger partial charge in [-0.05, 0) is 18.8 Å². The highest BCUT2D eigenvalue weighted by Gasteiger charge is 2.30. The van der Waals surface area contributed by atoms with E-state index in [-0.39, 0.29) is 5.92 Å². The molecule has 0 aromatic rings. The molecule has 1 saturated heterocycles. The van der Waals surface area contributed by atoms with Crippen LogP contribution in [0.1, 0.15) is 12.8 Å². The number of amides is 1. The van der Waals surface area contributed by atoms with Gasteiger partial charge in [0.2, 0.25) is 0 Å². The molecule has 6 heteroatoms. The highest BCUT2D eigenvalue weighted by Crippen LogP contribution is 2.18. The fourth-order valence-corrected chi connectivity index (χ4v) is 1.56. The molecule has 0 radical (unpaired) electrons. The molecule has 1 rings (SSSR count). The van der Waals surface area contributed by atoms with E-state index < -0.39 is 18.1 Å². The first-order valence-corrected chi connectivity index (χ1v) is 4.41. The maximum Gasteiger partial charge on any atom is 0.405 e. The van der Waals surface area contributed by atoms with Crippen LogP contribution < -0.4 is 5.32 Å². The zero-order valence-electron chi connectivity index (χ0n) is 7.60. The van der Waals surface area contributed by atoms with Crippen molar-refractivity contribution in [2.45, 2.75) is 18.9 Å². The van der Waals surface area contributed by atoms with Gasteiger partial charge in [-0.25, -0.2) is 9.59 Å². The minimum atomic E-state index is -1.30. The van der Waals surface area contributed by atoms with Gasteiger partial charge in [0.15, 0.2) is 0 Å². The van der Waals surface area contributed by atoms with Gasteiger partial charge < -0.3 is 20.3 Å². The first-order valence-electron chi connectivity index (χ1n) is 4.41. The second-order valence-corrected chi connectivity index (χ2v) is 3.22. The largest absolute Gasteiger partial charge is 0.480 e. The molecule has 6 nitrogen and oxygen atoms in total. The van der Waals surface area contributed by atoms with Crippen molar-refractivity contribution >= 4 is 12.1 Å². The third kappa shape index (κ3) is 2.88. The fourth-order valence-electron chi connectivity index (χ4n) is 1.56. The van der Waals surface area contributed by atoms with Crippen LogP contribution in [0.3, 0.4) is 0 Å². The number of rotatable bonds is 3. The van der Waals surface area contributed by atoms with Crippen LogP contribution in [0, 0.1) is 5.92 Å². The van der Waals surface area contributed by atoms with E-state index in [0.717, 1.165) is 0 Å². The van der Waals surface area contributed by atoms with Crippen molar-refractivity contribution < 1.29 is 24.5 Å². The number of carboxylic acid groups (broad SMARTS) is 2. The van der Waals surface area contributed by atoms with Crippen molar-refractivity contribution in [3.8, 4) is 0 Å². The van der Waals surface area contributed by atoms with E-state index in [2.05, 4.69) is 0 Å². The highest BCUT2D eigenvalue weighted by atomic mass is 16.5. The van der Waals surface area contributed by atoms with Gasteiger partial charge in [0, 0.05) is 13.2 Å². The fraction of sp³-hybridized carbons (Fsp3) is 0.750. The number of carbonyl (C=O) groups is 2. The van der Waals surface area contributed by atoms with E-state index in [1.807, 2.05) is 5.32 Å². The van der Waals surface area contributed by atoms with Crippen molar-refractivity contribution in [3.63, 3.8) is 0 Å². The van der Waals surface area contributed by atoms with E-state index in [9.17, 15) is 9.59 Å². The quantitative estimate of drug-likeness (QED) is 0.606. The molecule has 1 fully saturated rings. The monoisotopic (exact) mass is 203 g/mol. The Hall–Kier alpha value is -1.30. The van der Waals surface area contributed by atoms with E-state index in [4.69, 9.17) is 14.9 Å². The first-order chi connectivity index (χ1) is 6.61. The van der Waals surface area contributed by atoms with Crippen LogP contribution in [0.15, 0.2) is 0 Å². The third-order valence-electron chi connectivity index (χ3n) is 2.28. The van der Waals surface area contributed by atoms with Gasteiger partial charge in [-0.1, -0.05) is 0 Å². The van der Waals surface area contributed by atoms with Crippen LogP contribution in [0.25, 0.3) is 0 Å². The molecule has 14 heavy (non-hydrogen) atoms. The second kappa shape index (κ2) is 4.80. The Bertz CT molecular complexity index is 224.